The first-order valence-electron chi connectivity index (χ1n) is 6.47. The van der Waals surface area contributed by atoms with E-state index in [1.165, 1.54) is 25.1 Å². The molecule has 0 saturated heterocycles. The van der Waals surface area contributed by atoms with Gasteiger partial charge >= 0.3 is 5.97 Å². The third-order valence-electron chi connectivity index (χ3n) is 2.65. The molecule has 0 aliphatic heterocycles. The number of ether oxygens (including phenoxy) is 1. The quantitative estimate of drug-likeness (QED) is 0.524. The van der Waals surface area contributed by atoms with Gasteiger partial charge in [0.25, 0.3) is 0 Å². The number of halogens is 1. The fraction of sp³-hybridized carbons (Fsp3) is 0.571. The number of pyridine rings is 1. The number of hydrogen-bond acceptors (Lipinski definition) is 3. The Morgan fingerprint density at radius 3 is 2.78 bits per heavy atom. The number of esters is 1. The van der Waals surface area contributed by atoms with Crippen LogP contribution in [0.25, 0.3) is 0 Å². The highest BCUT2D eigenvalue weighted by Crippen LogP contribution is 2.07. The smallest absolute Gasteiger partial charge is 0.306 e. The van der Waals surface area contributed by atoms with E-state index in [2.05, 4.69) is 11.9 Å². The third kappa shape index (κ3) is 6.33. The molecule has 100 valence electrons. The average Bonchev–Trinajstić information content (AvgIpc) is 2.36. The molecule has 0 atom stereocenters. The van der Waals surface area contributed by atoms with Crippen molar-refractivity contribution in [1.82, 2.24) is 4.98 Å². The Labute approximate surface area is 107 Å². The van der Waals surface area contributed by atoms with Crippen molar-refractivity contribution in [3.63, 3.8) is 0 Å². The molecule has 0 amide bonds. The summed E-state index contributed by atoms with van der Waals surface area (Å²) < 4.78 is 17.9. The van der Waals surface area contributed by atoms with Gasteiger partial charge in [-0.3, -0.25) is 9.78 Å². The van der Waals surface area contributed by atoms with Crippen LogP contribution in [0.1, 0.15) is 51.0 Å². The predicted molar refractivity (Wildman–Crippen MR) is 67.4 cm³/mol. The average molecular weight is 253 g/mol. The minimum absolute atomic E-state index is 0.0958. The number of rotatable bonds is 8. The predicted octanol–water partition coefficient (Wildman–Crippen LogP) is 3.62. The molecule has 18 heavy (non-hydrogen) atoms. The minimum atomic E-state index is -0.414. The van der Waals surface area contributed by atoms with Crippen LogP contribution in [0.4, 0.5) is 4.39 Å². The second kappa shape index (κ2) is 8.61. The van der Waals surface area contributed by atoms with Gasteiger partial charge in [0.1, 0.15) is 12.4 Å². The zero-order valence-electron chi connectivity index (χ0n) is 10.8. The monoisotopic (exact) mass is 253 g/mol. The van der Waals surface area contributed by atoms with Crippen molar-refractivity contribution in [1.29, 1.82) is 0 Å². The molecular formula is C14H20FNO2. The fourth-order valence-corrected chi connectivity index (χ4v) is 1.64. The summed E-state index contributed by atoms with van der Waals surface area (Å²) in [6, 6.07) is 1.32. The summed E-state index contributed by atoms with van der Waals surface area (Å²) in [6.45, 7) is 2.25. The molecule has 0 aliphatic rings. The molecular weight excluding hydrogens is 233 g/mol. The molecule has 0 N–H and O–H groups in total. The molecule has 1 aromatic rings. The highest BCUT2D eigenvalue weighted by atomic mass is 19.1. The maximum atomic E-state index is 12.8. The number of aromatic nitrogens is 1. The van der Waals surface area contributed by atoms with Crippen molar-refractivity contribution < 1.29 is 13.9 Å². The second-order valence-corrected chi connectivity index (χ2v) is 4.34. The van der Waals surface area contributed by atoms with Crippen LogP contribution in [-0.2, 0) is 16.1 Å². The maximum Gasteiger partial charge on any atom is 0.306 e. The molecule has 4 heteroatoms. The topological polar surface area (TPSA) is 39.2 Å². The number of carbonyl (C=O) groups is 1. The summed E-state index contributed by atoms with van der Waals surface area (Å²) in [5, 5.41) is 0. The van der Waals surface area contributed by atoms with Gasteiger partial charge in [-0.25, -0.2) is 4.39 Å². The Kier molecular flexibility index (Phi) is 6.99. The molecule has 0 saturated carbocycles. The fourth-order valence-electron chi connectivity index (χ4n) is 1.64. The summed E-state index contributed by atoms with van der Waals surface area (Å²) >= 11 is 0. The van der Waals surface area contributed by atoms with E-state index in [0.29, 0.717) is 12.0 Å². The van der Waals surface area contributed by atoms with Crippen LogP contribution in [0.3, 0.4) is 0 Å². The summed E-state index contributed by atoms with van der Waals surface area (Å²) in [5.74, 6) is -0.640. The Morgan fingerprint density at radius 2 is 2.06 bits per heavy atom. The largest absolute Gasteiger partial charge is 0.461 e. The lowest BCUT2D eigenvalue weighted by atomic mass is 10.1. The Bertz CT molecular complexity index is 369. The lowest BCUT2D eigenvalue weighted by molar-refractivity contribution is -0.145. The molecule has 0 bridgehead atoms. The highest BCUT2D eigenvalue weighted by molar-refractivity contribution is 5.69. The minimum Gasteiger partial charge on any atom is -0.461 e. The first kappa shape index (κ1) is 14.6. The lowest BCUT2D eigenvalue weighted by Crippen LogP contribution is -2.04. The van der Waals surface area contributed by atoms with Gasteiger partial charge in [0.15, 0.2) is 0 Å². The van der Waals surface area contributed by atoms with E-state index in [-0.39, 0.29) is 12.6 Å². The first-order chi connectivity index (χ1) is 8.72. The van der Waals surface area contributed by atoms with E-state index in [4.69, 9.17) is 4.74 Å². The zero-order chi connectivity index (χ0) is 13.2. The van der Waals surface area contributed by atoms with E-state index in [1.54, 1.807) is 0 Å². The number of nitrogens with zero attached hydrogens (tertiary/aromatic N) is 1. The second-order valence-electron chi connectivity index (χ2n) is 4.34. The number of unbranched alkanes of at least 4 members (excludes halogenated alkanes) is 4. The maximum absolute atomic E-state index is 12.8. The normalized spacial score (nSPS) is 10.3. The zero-order valence-corrected chi connectivity index (χ0v) is 10.8. The van der Waals surface area contributed by atoms with Crippen molar-refractivity contribution in [2.75, 3.05) is 0 Å². The van der Waals surface area contributed by atoms with Gasteiger partial charge in [-0.15, -0.1) is 0 Å². The molecule has 1 aromatic heterocycles. The number of carbonyl (C=O) groups excluding carboxylic acids is 1. The Morgan fingerprint density at radius 1 is 1.28 bits per heavy atom. The van der Waals surface area contributed by atoms with Crippen LogP contribution in [0.15, 0.2) is 18.5 Å². The van der Waals surface area contributed by atoms with Crippen LogP contribution >= 0.6 is 0 Å². The SMILES string of the molecule is CCCCCCCC(=O)OCc1cncc(F)c1. The van der Waals surface area contributed by atoms with Gasteiger partial charge in [-0.1, -0.05) is 32.6 Å². The van der Waals surface area contributed by atoms with E-state index in [9.17, 15) is 9.18 Å². The van der Waals surface area contributed by atoms with E-state index in [0.717, 1.165) is 25.5 Å². The molecule has 0 aliphatic carbocycles. The van der Waals surface area contributed by atoms with E-state index < -0.39 is 5.82 Å². The van der Waals surface area contributed by atoms with Crippen LogP contribution in [0, 0.1) is 5.82 Å². The standard InChI is InChI=1S/C14H20FNO2/c1-2-3-4-5-6-7-14(17)18-11-12-8-13(15)10-16-9-12/h8-10H,2-7,11H2,1H3. The first-order valence-corrected chi connectivity index (χ1v) is 6.47. The van der Waals surface area contributed by atoms with E-state index >= 15 is 0 Å². The summed E-state index contributed by atoms with van der Waals surface area (Å²) in [6.07, 6.45) is 8.55. The van der Waals surface area contributed by atoms with Crippen molar-refractivity contribution >= 4 is 5.97 Å². The van der Waals surface area contributed by atoms with Crippen LogP contribution in [0.5, 0.6) is 0 Å². The van der Waals surface area contributed by atoms with Crippen molar-refractivity contribution in [2.45, 2.75) is 52.1 Å². The summed E-state index contributed by atoms with van der Waals surface area (Å²) in [5.41, 5.74) is 0.578. The Hall–Kier alpha value is -1.45. The Balaban J connectivity index is 2.13. The summed E-state index contributed by atoms with van der Waals surface area (Å²) in [7, 11) is 0. The molecule has 3 nitrogen and oxygen atoms in total. The van der Waals surface area contributed by atoms with Gasteiger partial charge in [0.05, 0.1) is 6.20 Å². The molecule has 0 aromatic carbocycles. The van der Waals surface area contributed by atoms with Crippen LogP contribution in [-0.4, -0.2) is 11.0 Å². The van der Waals surface area contributed by atoms with Crippen molar-refractivity contribution in [3.8, 4) is 0 Å². The van der Waals surface area contributed by atoms with E-state index in [1.807, 2.05) is 0 Å². The molecule has 1 rings (SSSR count). The van der Waals surface area contributed by atoms with Crippen molar-refractivity contribution in [3.05, 3.63) is 29.8 Å². The third-order valence-corrected chi connectivity index (χ3v) is 2.65. The summed E-state index contributed by atoms with van der Waals surface area (Å²) in [4.78, 5) is 15.1. The number of hydrogen-bond donors (Lipinski definition) is 0. The van der Waals surface area contributed by atoms with Crippen molar-refractivity contribution in [2.24, 2.45) is 0 Å². The van der Waals surface area contributed by atoms with Gasteiger partial charge in [-0.2, -0.15) is 0 Å². The molecule has 0 spiro atoms. The van der Waals surface area contributed by atoms with Gasteiger partial charge in [0.2, 0.25) is 0 Å². The van der Waals surface area contributed by atoms with Gasteiger partial charge < -0.3 is 4.74 Å². The van der Waals surface area contributed by atoms with Gasteiger partial charge in [-0.05, 0) is 12.5 Å². The van der Waals surface area contributed by atoms with Crippen LogP contribution < -0.4 is 0 Å². The lowest BCUT2D eigenvalue weighted by Gasteiger charge is -2.04. The van der Waals surface area contributed by atoms with Crippen LogP contribution in [0.2, 0.25) is 0 Å². The molecule has 0 radical (unpaired) electrons. The highest BCUT2D eigenvalue weighted by Gasteiger charge is 2.04. The molecule has 1 heterocycles. The van der Waals surface area contributed by atoms with Gasteiger partial charge in [0, 0.05) is 18.2 Å². The molecule has 0 fully saturated rings. The molecule has 0 unspecified atom stereocenters.